The molecule has 2 N–H and O–H groups in total. The van der Waals surface area contributed by atoms with Gasteiger partial charge in [-0.15, -0.1) is 10.2 Å². The van der Waals surface area contributed by atoms with Gasteiger partial charge in [-0.3, -0.25) is 0 Å². The second-order valence-corrected chi connectivity index (χ2v) is 3.66. The first-order valence-corrected chi connectivity index (χ1v) is 5.07. The van der Waals surface area contributed by atoms with E-state index in [1.54, 1.807) is 0 Å². The van der Waals surface area contributed by atoms with Crippen LogP contribution in [0.25, 0.3) is 0 Å². The SMILES string of the molecule is CNCC(O)c1nnc2n1CCCC2. The number of nitrogens with one attached hydrogen (secondary N) is 1. The highest BCUT2D eigenvalue weighted by Crippen LogP contribution is 2.18. The summed E-state index contributed by atoms with van der Waals surface area (Å²) in [4.78, 5) is 0. The number of aryl methyl sites for hydroxylation is 1. The van der Waals surface area contributed by atoms with Gasteiger partial charge in [0, 0.05) is 19.5 Å². The van der Waals surface area contributed by atoms with Gasteiger partial charge in [-0.25, -0.2) is 0 Å². The summed E-state index contributed by atoms with van der Waals surface area (Å²) >= 11 is 0. The Morgan fingerprint density at radius 2 is 2.36 bits per heavy atom. The van der Waals surface area contributed by atoms with Gasteiger partial charge in [0.25, 0.3) is 0 Å². The van der Waals surface area contributed by atoms with Crippen LogP contribution in [0, 0.1) is 0 Å². The van der Waals surface area contributed by atoms with Crippen molar-refractivity contribution >= 4 is 0 Å². The fraction of sp³-hybridized carbons (Fsp3) is 0.778. The molecule has 1 aliphatic rings. The maximum atomic E-state index is 9.78. The molecule has 2 rings (SSSR count). The number of aliphatic hydroxyl groups is 1. The summed E-state index contributed by atoms with van der Waals surface area (Å²) in [5.74, 6) is 1.72. The zero-order valence-corrected chi connectivity index (χ0v) is 8.40. The Morgan fingerprint density at radius 1 is 1.50 bits per heavy atom. The summed E-state index contributed by atoms with van der Waals surface area (Å²) in [6.45, 7) is 1.47. The molecule has 0 radical (unpaired) electrons. The Balaban J connectivity index is 2.21. The Morgan fingerprint density at radius 3 is 3.14 bits per heavy atom. The summed E-state index contributed by atoms with van der Waals surface area (Å²) < 4.78 is 2.05. The van der Waals surface area contributed by atoms with E-state index >= 15 is 0 Å². The van der Waals surface area contributed by atoms with E-state index in [1.807, 2.05) is 11.6 Å². The van der Waals surface area contributed by atoms with E-state index in [9.17, 15) is 5.11 Å². The lowest BCUT2D eigenvalue weighted by Gasteiger charge is -2.17. The van der Waals surface area contributed by atoms with Gasteiger partial charge in [-0.2, -0.15) is 0 Å². The van der Waals surface area contributed by atoms with Crippen molar-refractivity contribution in [1.29, 1.82) is 0 Å². The third-order valence-corrected chi connectivity index (χ3v) is 2.58. The van der Waals surface area contributed by atoms with Crippen LogP contribution in [0.15, 0.2) is 0 Å². The number of aliphatic hydroxyl groups excluding tert-OH is 1. The van der Waals surface area contributed by atoms with E-state index in [0.29, 0.717) is 12.4 Å². The number of nitrogens with zero attached hydrogens (tertiary/aromatic N) is 3. The van der Waals surface area contributed by atoms with Crippen LogP contribution in [0.1, 0.15) is 30.6 Å². The summed E-state index contributed by atoms with van der Waals surface area (Å²) in [5, 5.41) is 20.8. The Labute approximate surface area is 83.2 Å². The summed E-state index contributed by atoms with van der Waals surface area (Å²) in [6.07, 6.45) is 2.78. The quantitative estimate of drug-likeness (QED) is 0.706. The molecule has 0 spiro atoms. The zero-order valence-electron chi connectivity index (χ0n) is 8.40. The van der Waals surface area contributed by atoms with Crippen molar-refractivity contribution in [2.45, 2.75) is 31.9 Å². The summed E-state index contributed by atoms with van der Waals surface area (Å²) in [7, 11) is 1.82. The predicted octanol–water partition coefficient (Wildman–Crippen LogP) is -0.133. The molecule has 1 aromatic rings. The molecule has 1 aromatic heterocycles. The molecule has 0 aliphatic carbocycles. The van der Waals surface area contributed by atoms with Crippen LogP contribution in [0.3, 0.4) is 0 Å². The molecule has 1 unspecified atom stereocenters. The van der Waals surface area contributed by atoms with E-state index in [-0.39, 0.29) is 0 Å². The topological polar surface area (TPSA) is 63.0 Å². The van der Waals surface area contributed by atoms with Crippen LogP contribution >= 0.6 is 0 Å². The molecule has 5 heteroatoms. The number of aromatic nitrogens is 3. The van der Waals surface area contributed by atoms with Crippen molar-refractivity contribution < 1.29 is 5.11 Å². The molecule has 5 nitrogen and oxygen atoms in total. The number of likely N-dealkylation sites (N-methyl/N-ethyl adjacent to an activating group) is 1. The monoisotopic (exact) mass is 196 g/mol. The third kappa shape index (κ3) is 1.65. The first kappa shape index (κ1) is 9.61. The van der Waals surface area contributed by atoms with E-state index in [2.05, 4.69) is 15.5 Å². The number of rotatable bonds is 3. The number of hydrogen-bond donors (Lipinski definition) is 2. The lowest BCUT2D eigenvalue weighted by Crippen LogP contribution is -2.22. The van der Waals surface area contributed by atoms with Gasteiger partial charge in [-0.1, -0.05) is 0 Å². The van der Waals surface area contributed by atoms with Crippen LogP contribution in [0.4, 0.5) is 0 Å². The Kier molecular flexibility index (Phi) is 2.79. The van der Waals surface area contributed by atoms with Gasteiger partial charge in [0.2, 0.25) is 0 Å². The van der Waals surface area contributed by atoms with Gasteiger partial charge in [0.05, 0.1) is 0 Å². The molecule has 0 bridgehead atoms. The molecule has 2 heterocycles. The zero-order chi connectivity index (χ0) is 9.97. The van der Waals surface area contributed by atoms with Crippen LogP contribution in [0.5, 0.6) is 0 Å². The van der Waals surface area contributed by atoms with Gasteiger partial charge in [0.15, 0.2) is 5.82 Å². The van der Waals surface area contributed by atoms with E-state index in [1.165, 1.54) is 6.42 Å². The second kappa shape index (κ2) is 4.06. The Bertz CT molecular complexity index is 310. The van der Waals surface area contributed by atoms with Crippen molar-refractivity contribution in [3.8, 4) is 0 Å². The molecule has 0 amide bonds. The summed E-state index contributed by atoms with van der Waals surface area (Å²) in [5.41, 5.74) is 0. The molecular weight excluding hydrogens is 180 g/mol. The highest BCUT2D eigenvalue weighted by atomic mass is 16.3. The molecule has 0 fully saturated rings. The van der Waals surface area contributed by atoms with Crippen molar-refractivity contribution in [3.05, 3.63) is 11.6 Å². The molecule has 0 aromatic carbocycles. The first-order valence-electron chi connectivity index (χ1n) is 5.07. The largest absolute Gasteiger partial charge is 0.384 e. The third-order valence-electron chi connectivity index (χ3n) is 2.58. The van der Waals surface area contributed by atoms with E-state index in [0.717, 1.165) is 25.2 Å². The van der Waals surface area contributed by atoms with Crippen LogP contribution in [-0.4, -0.2) is 33.5 Å². The molecule has 78 valence electrons. The average molecular weight is 196 g/mol. The fourth-order valence-corrected chi connectivity index (χ4v) is 1.86. The predicted molar refractivity (Wildman–Crippen MR) is 51.8 cm³/mol. The Hall–Kier alpha value is -0.940. The van der Waals surface area contributed by atoms with Crippen molar-refractivity contribution in [1.82, 2.24) is 20.1 Å². The van der Waals surface area contributed by atoms with Gasteiger partial charge >= 0.3 is 0 Å². The maximum Gasteiger partial charge on any atom is 0.163 e. The standard InChI is InChI=1S/C9H16N4O/c1-10-6-7(14)9-12-11-8-4-2-3-5-13(8)9/h7,10,14H,2-6H2,1H3. The minimum Gasteiger partial charge on any atom is -0.384 e. The molecule has 14 heavy (non-hydrogen) atoms. The first-order chi connectivity index (χ1) is 6.83. The maximum absolute atomic E-state index is 9.78. The lowest BCUT2D eigenvalue weighted by atomic mass is 10.1. The normalized spacial score (nSPS) is 17.9. The van der Waals surface area contributed by atoms with E-state index in [4.69, 9.17) is 0 Å². The minimum atomic E-state index is -0.542. The van der Waals surface area contributed by atoms with Crippen LogP contribution in [0.2, 0.25) is 0 Å². The highest BCUT2D eigenvalue weighted by Gasteiger charge is 2.20. The minimum absolute atomic E-state index is 0.526. The molecule has 1 aliphatic heterocycles. The second-order valence-electron chi connectivity index (χ2n) is 3.66. The molecule has 1 atom stereocenters. The fourth-order valence-electron chi connectivity index (χ4n) is 1.86. The number of fused-ring (bicyclic) bond motifs is 1. The van der Waals surface area contributed by atoms with Gasteiger partial charge in [0.1, 0.15) is 11.9 Å². The van der Waals surface area contributed by atoms with Crippen LogP contribution < -0.4 is 5.32 Å². The molecule has 0 saturated carbocycles. The van der Waals surface area contributed by atoms with Gasteiger partial charge < -0.3 is 15.0 Å². The smallest absolute Gasteiger partial charge is 0.163 e. The number of hydrogen-bond acceptors (Lipinski definition) is 4. The lowest BCUT2D eigenvalue weighted by molar-refractivity contribution is 0.161. The highest BCUT2D eigenvalue weighted by molar-refractivity contribution is 5.01. The average Bonchev–Trinajstić information content (AvgIpc) is 2.61. The van der Waals surface area contributed by atoms with Gasteiger partial charge in [-0.05, 0) is 19.9 Å². The van der Waals surface area contributed by atoms with Crippen molar-refractivity contribution in [2.24, 2.45) is 0 Å². The van der Waals surface area contributed by atoms with Crippen LogP contribution in [-0.2, 0) is 13.0 Å². The van der Waals surface area contributed by atoms with E-state index < -0.39 is 6.10 Å². The van der Waals surface area contributed by atoms with Crippen molar-refractivity contribution in [2.75, 3.05) is 13.6 Å². The molecule has 0 saturated heterocycles. The van der Waals surface area contributed by atoms with Crippen molar-refractivity contribution in [3.63, 3.8) is 0 Å². The summed E-state index contributed by atoms with van der Waals surface area (Å²) in [6, 6.07) is 0. The molecular formula is C9H16N4O.